The highest BCUT2D eigenvalue weighted by atomic mass is 19.4. The van der Waals surface area contributed by atoms with Crippen LogP contribution >= 0.6 is 0 Å². The minimum Gasteiger partial charge on any atom is -0.457 e. The summed E-state index contributed by atoms with van der Waals surface area (Å²) in [5, 5.41) is 2.68. The average molecular weight is 500 g/mol. The van der Waals surface area contributed by atoms with Gasteiger partial charge in [0, 0.05) is 25.3 Å². The number of nitrogens with zero attached hydrogens (tertiary/aromatic N) is 3. The fourth-order valence-corrected chi connectivity index (χ4v) is 3.49. The van der Waals surface area contributed by atoms with Crippen molar-refractivity contribution >= 4 is 22.7 Å². The Labute approximate surface area is 200 Å². The monoisotopic (exact) mass is 500 g/mol. The van der Waals surface area contributed by atoms with Crippen molar-refractivity contribution in [3.05, 3.63) is 78.2 Å². The van der Waals surface area contributed by atoms with Crippen molar-refractivity contribution in [1.82, 2.24) is 24.9 Å². The van der Waals surface area contributed by atoms with Crippen LogP contribution in [0.2, 0.25) is 0 Å². The number of hydrogen-bond donors (Lipinski definition) is 3. The van der Waals surface area contributed by atoms with E-state index in [1.54, 1.807) is 24.3 Å². The van der Waals surface area contributed by atoms with Gasteiger partial charge in [-0.1, -0.05) is 12.1 Å². The number of imidazole rings is 2. The van der Waals surface area contributed by atoms with Crippen LogP contribution in [0.3, 0.4) is 0 Å². The molecule has 184 valence electrons. The lowest BCUT2D eigenvalue weighted by Crippen LogP contribution is -2.08. The summed E-state index contributed by atoms with van der Waals surface area (Å²) >= 11 is 0. The van der Waals surface area contributed by atoms with E-state index in [4.69, 9.17) is 4.74 Å². The van der Waals surface area contributed by atoms with Crippen LogP contribution in [-0.4, -0.2) is 24.9 Å². The zero-order valence-corrected chi connectivity index (χ0v) is 18.5. The van der Waals surface area contributed by atoms with Gasteiger partial charge in [-0.15, -0.1) is 0 Å². The van der Waals surface area contributed by atoms with Crippen LogP contribution in [0.1, 0.15) is 18.2 Å². The maximum absolute atomic E-state index is 13.5. The molecule has 2 aromatic carbocycles. The predicted molar refractivity (Wildman–Crippen MR) is 122 cm³/mol. The molecular weight excluding hydrogens is 483 g/mol. The second-order valence-electron chi connectivity index (χ2n) is 7.95. The van der Waals surface area contributed by atoms with Gasteiger partial charge in [-0.2, -0.15) is 22.0 Å². The van der Waals surface area contributed by atoms with Gasteiger partial charge in [-0.3, -0.25) is 4.98 Å². The molecule has 0 aliphatic rings. The van der Waals surface area contributed by atoms with Gasteiger partial charge in [0.25, 0.3) is 5.92 Å². The molecule has 3 aromatic heterocycles. The van der Waals surface area contributed by atoms with Gasteiger partial charge < -0.3 is 20.0 Å². The Morgan fingerprint density at radius 2 is 1.67 bits per heavy atom. The molecule has 3 N–H and O–H groups in total. The second kappa shape index (κ2) is 8.63. The Bertz CT molecular complexity index is 1540. The van der Waals surface area contributed by atoms with Gasteiger partial charge in [0.1, 0.15) is 22.9 Å². The van der Waals surface area contributed by atoms with E-state index in [1.807, 2.05) is 0 Å². The number of ether oxygens (including phenoxy) is 1. The first-order valence-corrected chi connectivity index (χ1v) is 10.6. The smallest absolute Gasteiger partial charge is 0.418 e. The first-order chi connectivity index (χ1) is 17.1. The number of aromatic amines is 2. The molecule has 12 heteroatoms. The largest absolute Gasteiger partial charge is 0.457 e. The summed E-state index contributed by atoms with van der Waals surface area (Å²) in [5.74, 6) is -2.01. The number of anilines is 2. The molecule has 0 spiro atoms. The summed E-state index contributed by atoms with van der Waals surface area (Å²) < 4.78 is 72.7. The Morgan fingerprint density at radius 1 is 0.889 bits per heavy atom. The van der Waals surface area contributed by atoms with E-state index >= 15 is 0 Å². The molecule has 0 radical (unpaired) electrons. The molecule has 5 rings (SSSR count). The first-order valence-electron chi connectivity index (χ1n) is 10.6. The van der Waals surface area contributed by atoms with Crippen LogP contribution < -0.4 is 10.1 Å². The van der Waals surface area contributed by atoms with Gasteiger partial charge in [-0.25, -0.2) is 9.97 Å². The minimum absolute atomic E-state index is 0.131. The van der Waals surface area contributed by atoms with Crippen LogP contribution in [0, 0.1) is 0 Å². The quantitative estimate of drug-likeness (QED) is 0.218. The molecule has 0 aliphatic carbocycles. The highest BCUT2D eigenvalue weighted by Gasteiger charge is 2.33. The SMILES string of the molecule is CC(F)(F)c1cnc(-c2cc(Oc3ccc4[nH]c(Nc5ccccc5C(F)(F)F)nc4c3)ccn2)[nH]1. The van der Waals surface area contributed by atoms with E-state index in [9.17, 15) is 22.0 Å². The lowest BCUT2D eigenvalue weighted by atomic mass is 10.1. The van der Waals surface area contributed by atoms with E-state index in [-0.39, 0.29) is 23.2 Å². The number of para-hydroxylation sites is 1. The standard InChI is InChI=1S/C24H17F5N6O/c1-23(25,26)20-12-31-21(35-20)19-11-14(8-9-30-19)36-13-6-7-17-18(10-13)34-22(33-17)32-16-5-3-2-4-15(16)24(27,28)29/h2-12H,1H3,(H,31,35)(H2,32,33,34). The predicted octanol–water partition coefficient (Wildman–Crippen LogP) is 7.01. The highest BCUT2D eigenvalue weighted by molar-refractivity contribution is 5.80. The lowest BCUT2D eigenvalue weighted by Gasteiger charge is -2.12. The zero-order chi connectivity index (χ0) is 25.5. The number of pyridine rings is 1. The highest BCUT2D eigenvalue weighted by Crippen LogP contribution is 2.36. The van der Waals surface area contributed by atoms with Crippen LogP contribution in [0.25, 0.3) is 22.6 Å². The van der Waals surface area contributed by atoms with Crippen LogP contribution in [0.15, 0.2) is 67.0 Å². The number of aromatic nitrogens is 5. The molecule has 0 fully saturated rings. The Balaban J connectivity index is 1.37. The number of halogens is 5. The molecule has 36 heavy (non-hydrogen) atoms. The van der Waals surface area contributed by atoms with Gasteiger partial charge in [0.2, 0.25) is 5.95 Å². The van der Waals surface area contributed by atoms with Crippen molar-refractivity contribution < 1.29 is 26.7 Å². The van der Waals surface area contributed by atoms with Crippen molar-refractivity contribution in [2.24, 2.45) is 0 Å². The Hall–Kier alpha value is -4.48. The molecule has 0 saturated carbocycles. The van der Waals surface area contributed by atoms with E-state index in [1.165, 1.54) is 30.5 Å². The topological polar surface area (TPSA) is 91.5 Å². The fourth-order valence-electron chi connectivity index (χ4n) is 3.49. The number of hydrogen-bond acceptors (Lipinski definition) is 5. The van der Waals surface area contributed by atoms with Gasteiger partial charge in [-0.05, 0) is 30.3 Å². The summed E-state index contributed by atoms with van der Waals surface area (Å²) in [5.41, 5.74) is 0.0552. The minimum atomic E-state index is -4.52. The van der Waals surface area contributed by atoms with E-state index in [2.05, 4.69) is 30.2 Å². The third-order valence-electron chi connectivity index (χ3n) is 5.20. The summed E-state index contributed by atoms with van der Waals surface area (Å²) in [4.78, 5) is 17.9. The number of nitrogens with one attached hydrogen (secondary N) is 3. The fraction of sp³-hybridized carbons (Fsp3) is 0.125. The zero-order valence-electron chi connectivity index (χ0n) is 18.5. The van der Waals surface area contributed by atoms with Crippen molar-refractivity contribution in [2.75, 3.05) is 5.32 Å². The second-order valence-corrected chi connectivity index (χ2v) is 7.95. The summed E-state index contributed by atoms with van der Waals surface area (Å²) in [6.07, 6.45) is -2.02. The third-order valence-corrected chi connectivity index (χ3v) is 5.20. The molecule has 5 aromatic rings. The normalized spacial score (nSPS) is 12.2. The molecule has 3 heterocycles. The van der Waals surface area contributed by atoms with E-state index < -0.39 is 17.7 Å². The van der Waals surface area contributed by atoms with Crippen molar-refractivity contribution in [1.29, 1.82) is 0 Å². The number of H-pyrrole nitrogens is 2. The Kier molecular flexibility index (Phi) is 5.58. The van der Waals surface area contributed by atoms with Gasteiger partial charge in [0.05, 0.1) is 28.5 Å². The van der Waals surface area contributed by atoms with E-state index in [0.717, 1.165) is 19.2 Å². The summed E-state index contributed by atoms with van der Waals surface area (Å²) in [7, 11) is 0. The third kappa shape index (κ3) is 4.83. The first kappa shape index (κ1) is 23.3. The van der Waals surface area contributed by atoms with Gasteiger partial charge >= 0.3 is 6.18 Å². The van der Waals surface area contributed by atoms with Crippen molar-refractivity contribution in [3.8, 4) is 23.0 Å². The summed E-state index contributed by atoms with van der Waals surface area (Å²) in [6, 6.07) is 13.1. The maximum atomic E-state index is 13.5. The molecule has 0 saturated heterocycles. The number of alkyl halides is 5. The Morgan fingerprint density at radius 3 is 2.42 bits per heavy atom. The average Bonchev–Trinajstić information content (AvgIpc) is 3.46. The summed E-state index contributed by atoms with van der Waals surface area (Å²) in [6.45, 7) is 0.762. The van der Waals surface area contributed by atoms with Crippen LogP contribution in [0.5, 0.6) is 11.5 Å². The van der Waals surface area contributed by atoms with E-state index in [0.29, 0.717) is 28.2 Å². The molecule has 0 aliphatic heterocycles. The van der Waals surface area contributed by atoms with Gasteiger partial charge in [0.15, 0.2) is 5.82 Å². The molecule has 0 unspecified atom stereocenters. The van der Waals surface area contributed by atoms with Crippen molar-refractivity contribution in [3.63, 3.8) is 0 Å². The maximum Gasteiger partial charge on any atom is 0.418 e. The molecule has 0 bridgehead atoms. The number of rotatable bonds is 6. The molecule has 0 amide bonds. The molecule has 0 atom stereocenters. The van der Waals surface area contributed by atoms with Crippen LogP contribution in [-0.2, 0) is 12.1 Å². The molecule has 7 nitrogen and oxygen atoms in total. The van der Waals surface area contributed by atoms with Crippen LogP contribution in [0.4, 0.5) is 33.6 Å². The number of benzene rings is 2. The molecular formula is C24H17F5N6O. The van der Waals surface area contributed by atoms with Crippen molar-refractivity contribution in [2.45, 2.75) is 19.0 Å². The lowest BCUT2D eigenvalue weighted by molar-refractivity contribution is -0.136. The number of fused-ring (bicyclic) bond motifs is 1.